The van der Waals surface area contributed by atoms with E-state index in [1.807, 2.05) is 32.0 Å². The lowest BCUT2D eigenvalue weighted by molar-refractivity contribution is -0.116. The molecule has 0 aliphatic rings. The van der Waals surface area contributed by atoms with Crippen LogP contribution in [0.2, 0.25) is 0 Å². The van der Waals surface area contributed by atoms with Crippen LogP contribution in [0.5, 0.6) is 0 Å². The first-order valence-corrected chi connectivity index (χ1v) is 8.90. The third kappa shape index (κ3) is 5.14. The number of aryl methyl sites for hydroxylation is 2. The number of carbonyl (C=O) groups is 1. The minimum Gasteiger partial charge on any atom is -0.325 e. The predicted molar refractivity (Wildman–Crippen MR) is 102 cm³/mol. The van der Waals surface area contributed by atoms with Gasteiger partial charge < -0.3 is 5.32 Å². The number of carbonyl (C=O) groups excluding carboxylic acids is 1. The van der Waals surface area contributed by atoms with E-state index in [1.165, 1.54) is 24.0 Å². The molecule has 3 rings (SSSR count). The Bertz CT molecular complexity index is 1070. The maximum atomic E-state index is 12.1. The summed E-state index contributed by atoms with van der Waals surface area (Å²) in [5, 5.41) is 3.38. The molecule has 27 heavy (non-hydrogen) atoms. The summed E-state index contributed by atoms with van der Waals surface area (Å²) in [4.78, 5) is 46.5. The Morgan fingerprint density at radius 2 is 1.78 bits per heavy atom. The average molecular weight is 383 g/mol. The van der Waals surface area contributed by atoms with E-state index in [1.54, 1.807) is 12.1 Å². The highest BCUT2D eigenvalue weighted by atomic mass is 32.2. The van der Waals surface area contributed by atoms with Crippen molar-refractivity contribution in [3.8, 4) is 0 Å². The van der Waals surface area contributed by atoms with Gasteiger partial charge in [-0.2, -0.15) is 0 Å². The van der Waals surface area contributed by atoms with Crippen molar-refractivity contribution < 1.29 is 4.79 Å². The Labute approximate surface area is 158 Å². The van der Waals surface area contributed by atoms with Gasteiger partial charge in [0.2, 0.25) is 5.91 Å². The van der Waals surface area contributed by atoms with Gasteiger partial charge in [-0.1, -0.05) is 0 Å². The Morgan fingerprint density at radius 3 is 2.41 bits per heavy atom. The van der Waals surface area contributed by atoms with E-state index in [4.69, 9.17) is 0 Å². The van der Waals surface area contributed by atoms with E-state index in [0.29, 0.717) is 10.8 Å². The standard InChI is InChI=1S/C18H17N5O3S/c1-11-9-12(2)20-17(19-11)27-14-5-3-13(4-6-14)21-16(25)10-23-8-7-15(24)22-18(23)26/h3-9H,10H2,1-2H3,(H,21,25)(H,22,24,26). The van der Waals surface area contributed by atoms with Crippen molar-refractivity contribution in [3.05, 3.63) is 74.8 Å². The lowest BCUT2D eigenvalue weighted by Gasteiger charge is -2.08. The summed E-state index contributed by atoms with van der Waals surface area (Å²) in [6, 6.07) is 10.3. The molecule has 8 nitrogen and oxygen atoms in total. The molecule has 0 atom stereocenters. The van der Waals surface area contributed by atoms with Crippen LogP contribution in [0.15, 0.2) is 62.2 Å². The number of amides is 1. The zero-order valence-electron chi connectivity index (χ0n) is 14.7. The van der Waals surface area contributed by atoms with Crippen molar-refractivity contribution in [2.24, 2.45) is 0 Å². The number of aromatic amines is 1. The molecule has 0 fully saturated rings. The van der Waals surface area contributed by atoms with Crippen LogP contribution in [0.3, 0.4) is 0 Å². The van der Waals surface area contributed by atoms with Gasteiger partial charge in [0, 0.05) is 34.2 Å². The highest BCUT2D eigenvalue weighted by Crippen LogP contribution is 2.26. The van der Waals surface area contributed by atoms with Crippen molar-refractivity contribution in [2.45, 2.75) is 30.4 Å². The van der Waals surface area contributed by atoms with Gasteiger partial charge >= 0.3 is 5.69 Å². The molecule has 0 bridgehead atoms. The third-order valence-electron chi connectivity index (χ3n) is 3.52. The summed E-state index contributed by atoms with van der Waals surface area (Å²) in [5.41, 5.74) is 1.29. The zero-order chi connectivity index (χ0) is 19.4. The summed E-state index contributed by atoms with van der Waals surface area (Å²) >= 11 is 1.44. The van der Waals surface area contributed by atoms with Gasteiger partial charge in [-0.05, 0) is 55.9 Å². The Kier molecular flexibility index (Phi) is 5.51. The number of aromatic nitrogens is 4. The largest absolute Gasteiger partial charge is 0.328 e. The van der Waals surface area contributed by atoms with E-state index < -0.39 is 11.2 Å². The molecule has 2 aromatic heterocycles. The molecule has 3 aromatic rings. The van der Waals surface area contributed by atoms with E-state index >= 15 is 0 Å². The zero-order valence-corrected chi connectivity index (χ0v) is 15.5. The molecule has 9 heteroatoms. The molecule has 2 heterocycles. The minimum absolute atomic E-state index is 0.192. The molecule has 0 radical (unpaired) electrons. The van der Waals surface area contributed by atoms with Crippen LogP contribution < -0.4 is 16.6 Å². The smallest absolute Gasteiger partial charge is 0.325 e. The lowest BCUT2D eigenvalue weighted by Crippen LogP contribution is -2.32. The molecule has 0 spiro atoms. The molecule has 1 aromatic carbocycles. The second-order valence-corrected chi connectivity index (χ2v) is 6.89. The van der Waals surface area contributed by atoms with E-state index in [-0.39, 0.29) is 12.5 Å². The highest BCUT2D eigenvalue weighted by molar-refractivity contribution is 7.99. The number of nitrogens with one attached hydrogen (secondary N) is 2. The Morgan fingerprint density at radius 1 is 1.11 bits per heavy atom. The first kappa shape index (κ1) is 18.6. The fourth-order valence-electron chi connectivity index (χ4n) is 2.37. The molecule has 0 aliphatic heterocycles. The fourth-order valence-corrected chi connectivity index (χ4v) is 3.24. The van der Waals surface area contributed by atoms with Crippen molar-refractivity contribution in [1.29, 1.82) is 0 Å². The van der Waals surface area contributed by atoms with Crippen LogP contribution in [0, 0.1) is 13.8 Å². The van der Waals surface area contributed by atoms with Gasteiger partial charge in [-0.25, -0.2) is 14.8 Å². The van der Waals surface area contributed by atoms with Crippen LogP contribution in [-0.2, 0) is 11.3 Å². The van der Waals surface area contributed by atoms with Crippen LogP contribution in [0.4, 0.5) is 5.69 Å². The van der Waals surface area contributed by atoms with E-state index in [2.05, 4.69) is 20.3 Å². The normalized spacial score (nSPS) is 10.6. The van der Waals surface area contributed by atoms with E-state index in [9.17, 15) is 14.4 Å². The van der Waals surface area contributed by atoms with Crippen LogP contribution in [0.1, 0.15) is 11.4 Å². The number of benzene rings is 1. The first-order valence-electron chi connectivity index (χ1n) is 8.09. The minimum atomic E-state index is -0.627. The topological polar surface area (TPSA) is 110 Å². The molecule has 0 saturated heterocycles. The van der Waals surface area contributed by atoms with Crippen LogP contribution >= 0.6 is 11.8 Å². The molecule has 0 saturated carbocycles. The van der Waals surface area contributed by atoms with Gasteiger partial charge in [0.05, 0.1) is 0 Å². The van der Waals surface area contributed by atoms with Crippen molar-refractivity contribution in [3.63, 3.8) is 0 Å². The van der Waals surface area contributed by atoms with Crippen molar-refractivity contribution >= 4 is 23.4 Å². The third-order valence-corrected chi connectivity index (χ3v) is 4.39. The van der Waals surface area contributed by atoms with Crippen molar-refractivity contribution in [2.75, 3.05) is 5.32 Å². The second-order valence-electron chi connectivity index (χ2n) is 5.85. The second kappa shape index (κ2) is 8.00. The lowest BCUT2D eigenvalue weighted by atomic mass is 10.3. The number of H-pyrrole nitrogens is 1. The number of hydrogen-bond donors (Lipinski definition) is 2. The van der Waals surface area contributed by atoms with Gasteiger partial charge in [0.25, 0.3) is 5.56 Å². The first-order chi connectivity index (χ1) is 12.9. The molecule has 0 unspecified atom stereocenters. The summed E-state index contributed by atoms with van der Waals surface area (Å²) in [6.45, 7) is 3.65. The Hall–Kier alpha value is -3.20. The Balaban J connectivity index is 1.64. The fraction of sp³-hybridized carbons (Fsp3) is 0.167. The summed E-state index contributed by atoms with van der Waals surface area (Å²) in [7, 11) is 0. The molecule has 1 amide bonds. The van der Waals surface area contributed by atoms with E-state index in [0.717, 1.165) is 20.9 Å². The van der Waals surface area contributed by atoms with Gasteiger partial charge in [-0.15, -0.1) is 0 Å². The average Bonchev–Trinajstić information content (AvgIpc) is 2.58. The van der Waals surface area contributed by atoms with Crippen LogP contribution in [0.25, 0.3) is 0 Å². The summed E-state index contributed by atoms with van der Waals surface area (Å²) in [6.07, 6.45) is 1.28. The van der Waals surface area contributed by atoms with Gasteiger partial charge in [0.15, 0.2) is 5.16 Å². The SMILES string of the molecule is Cc1cc(C)nc(Sc2ccc(NC(=O)Cn3ccc(=O)[nH]c3=O)cc2)n1. The maximum absolute atomic E-state index is 12.1. The van der Waals surface area contributed by atoms with Crippen LogP contribution in [-0.4, -0.2) is 25.4 Å². The molecule has 2 N–H and O–H groups in total. The predicted octanol–water partition coefficient (Wildman–Crippen LogP) is 1.73. The maximum Gasteiger partial charge on any atom is 0.328 e. The summed E-state index contributed by atoms with van der Waals surface area (Å²) < 4.78 is 1.12. The number of hydrogen-bond acceptors (Lipinski definition) is 6. The molecule has 0 aliphatic carbocycles. The number of nitrogens with zero attached hydrogens (tertiary/aromatic N) is 3. The van der Waals surface area contributed by atoms with Gasteiger partial charge in [-0.3, -0.25) is 19.1 Å². The highest BCUT2D eigenvalue weighted by Gasteiger charge is 2.07. The molecular formula is C18H17N5O3S. The van der Waals surface area contributed by atoms with Gasteiger partial charge in [0.1, 0.15) is 6.54 Å². The number of anilines is 1. The molecular weight excluding hydrogens is 366 g/mol. The quantitative estimate of drug-likeness (QED) is 0.650. The summed E-state index contributed by atoms with van der Waals surface area (Å²) in [5.74, 6) is -0.373. The molecule has 138 valence electrons. The van der Waals surface area contributed by atoms with Crippen molar-refractivity contribution in [1.82, 2.24) is 19.5 Å². The number of rotatable bonds is 5. The monoisotopic (exact) mass is 383 g/mol.